The van der Waals surface area contributed by atoms with Gasteiger partial charge >= 0.3 is 0 Å². The van der Waals surface area contributed by atoms with Crippen LogP contribution in [0.5, 0.6) is 0 Å². The monoisotopic (exact) mass is 281 g/mol. The highest BCUT2D eigenvalue weighted by atomic mass is 35.5. The van der Waals surface area contributed by atoms with Gasteiger partial charge in [-0.2, -0.15) is 0 Å². The number of halogens is 1. The maximum Gasteiger partial charge on any atom is 0.252 e. The molecule has 104 valence electrons. The Morgan fingerprint density at radius 2 is 2.21 bits per heavy atom. The van der Waals surface area contributed by atoms with Gasteiger partial charge in [-0.1, -0.05) is 18.5 Å². The van der Waals surface area contributed by atoms with Crippen LogP contribution in [0.2, 0.25) is 5.15 Å². The van der Waals surface area contributed by atoms with Gasteiger partial charge in [0.1, 0.15) is 5.15 Å². The summed E-state index contributed by atoms with van der Waals surface area (Å²) in [7, 11) is 0. The first kappa shape index (κ1) is 14.3. The Bertz CT molecular complexity index is 415. The molecule has 5 heteroatoms. The number of nitrogens with zero attached hydrogens (tertiary/aromatic N) is 2. The van der Waals surface area contributed by atoms with Crippen LogP contribution in [0.1, 0.15) is 30.1 Å². The fourth-order valence-electron chi connectivity index (χ4n) is 2.35. The summed E-state index contributed by atoms with van der Waals surface area (Å²) in [5.41, 5.74) is 0.553. The average Bonchev–Trinajstić information content (AvgIpc) is 2.89. The molecule has 4 nitrogen and oxygen atoms in total. The highest BCUT2D eigenvalue weighted by molar-refractivity contribution is 6.29. The van der Waals surface area contributed by atoms with Crippen molar-refractivity contribution in [2.75, 3.05) is 26.2 Å². The van der Waals surface area contributed by atoms with Crippen LogP contribution < -0.4 is 5.32 Å². The van der Waals surface area contributed by atoms with Crippen LogP contribution in [-0.4, -0.2) is 42.0 Å². The van der Waals surface area contributed by atoms with E-state index in [-0.39, 0.29) is 5.91 Å². The fraction of sp³-hybridized carbons (Fsp3) is 0.571. The van der Waals surface area contributed by atoms with Gasteiger partial charge in [0.25, 0.3) is 5.91 Å². The van der Waals surface area contributed by atoms with Gasteiger partial charge in [-0.25, -0.2) is 4.98 Å². The predicted molar refractivity (Wildman–Crippen MR) is 76.4 cm³/mol. The van der Waals surface area contributed by atoms with Crippen molar-refractivity contribution in [1.29, 1.82) is 0 Å². The molecule has 2 heterocycles. The summed E-state index contributed by atoms with van der Waals surface area (Å²) in [6.45, 7) is 6.30. The normalized spacial score (nSPS) is 17.4. The van der Waals surface area contributed by atoms with Gasteiger partial charge in [-0.05, 0) is 44.0 Å². The lowest BCUT2D eigenvalue weighted by Crippen LogP contribution is -2.34. The minimum atomic E-state index is -0.0857. The van der Waals surface area contributed by atoms with E-state index in [9.17, 15) is 4.79 Å². The zero-order valence-corrected chi connectivity index (χ0v) is 12.0. The molecule has 1 aromatic heterocycles. The minimum Gasteiger partial charge on any atom is -0.352 e. The van der Waals surface area contributed by atoms with Gasteiger partial charge in [0, 0.05) is 19.3 Å². The third-order valence-corrected chi connectivity index (χ3v) is 3.59. The molecule has 1 aromatic rings. The van der Waals surface area contributed by atoms with E-state index >= 15 is 0 Å². The predicted octanol–water partition coefficient (Wildman–Crippen LogP) is 2.20. The zero-order chi connectivity index (χ0) is 13.7. The molecule has 0 aliphatic carbocycles. The number of carbonyl (C=O) groups excluding carboxylic acids is 1. The van der Waals surface area contributed by atoms with Crippen molar-refractivity contribution in [3.63, 3.8) is 0 Å². The van der Waals surface area contributed by atoms with Crippen molar-refractivity contribution in [2.24, 2.45) is 5.92 Å². The molecule has 1 unspecified atom stereocenters. The molecule has 2 rings (SSSR count). The number of hydrogen-bond acceptors (Lipinski definition) is 3. The molecule has 0 bridgehead atoms. The van der Waals surface area contributed by atoms with Crippen molar-refractivity contribution < 1.29 is 4.79 Å². The van der Waals surface area contributed by atoms with Crippen LogP contribution in [0.3, 0.4) is 0 Å². The van der Waals surface area contributed by atoms with Gasteiger partial charge in [0.15, 0.2) is 0 Å². The zero-order valence-electron chi connectivity index (χ0n) is 11.2. The van der Waals surface area contributed by atoms with E-state index in [1.807, 2.05) is 0 Å². The fourth-order valence-corrected chi connectivity index (χ4v) is 2.46. The molecule has 0 spiro atoms. The number of nitrogens with one attached hydrogen (secondary N) is 1. The summed E-state index contributed by atoms with van der Waals surface area (Å²) in [5, 5.41) is 3.35. The largest absolute Gasteiger partial charge is 0.352 e. The van der Waals surface area contributed by atoms with Gasteiger partial charge < -0.3 is 10.2 Å². The van der Waals surface area contributed by atoms with Crippen molar-refractivity contribution >= 4 is 17.5 Å². The van der Waals surface area contributed by atoms with Crippen molar-refractivity contribution in [1.82, 2.24) is 15.2 Å². The van der Waals surface area contributed by atoms with Crippen LogP contribution in [0, 0.1) is 5.92 Å². The second kappa shape index (κ2) is 6.87. The van der Waals surface area contributed by atoms with Crippen LogP contribution in [0.15, 0.2) is 18.3 Å². The Balaban J connectivity index is 1.74. The van der Waals surface area contributed by atoms with E-state index in [4.69, 9.17) is 11.6 Å². The number of likely N-dealkylation sites (tertiary alicyclic amines) is 1. The maximum absolute atomic E-state index is 11.9. The van der Waals surface area contributed by atoms with E-state index in [1.165, 1.54) is 32.1 Å². The van der Waals surface area contributed by atoms with E-state index in [2.05, 4.69) is 22.1 Å². The Morgan fingerprint density at radius 3 is 2.84 bits per heavy atom. The number of rotatable bonds is 5. The van der Waals surface area contributed by atoms with Gasteiger partial charge in [0.2, 0.25) is 0 Å². The molecule has 1 aliphatic heterocycles. The molecule has 1 N–H and O–H groups in total. The lowest BCUT2D eigenvalue weighted by atomic mass is 10.1. The number of pyridine rings is 1. The summed E-state index contributed by atoms with van der Waals surface area (Å²) in [4.78, 5) is 18.3. The Kier molecular flexibility index (Phi) is 5.16. The summed E-state index contributed by atoms with van der Waals surface area (Å²) in [5.74, 6) is 0.375. The first-order chi connectivity index (χ1) is 9.15. The molecule has 1 amide bonds. The van der Waals surface area contributed by atoms with E-state index in [1.54, 1.807) is 12.1 Å². The Labute approximate surface area is 119 Å². The summed E-state index contributed by atoms with van der Waals surface area (Å²) in [6, 6.07) is 3.32. The second-order valence-corrected chi connectivity index (χ2v) is 5.58. The summed E-state index contributed by atoms with van der Waals surface area (Å²) >= 11 is 5.69. The molecule has 1 aliphatic rings. The molecule has 19 heavy (non-hydrogen) atoms. The van der Waals surface area contributed by atoms with Crippen LogP contribution >= 0.6 is 11.6 Å². The highest BCUT2D eigenvalue weighted by Crippen LogP contribution is 2.10. The molecule has 1 saturated heterocycles. The van der Waals surface area contributed by atoms with E-state index < -0.39 is 0 Å². The van der Waals surface area contributed by atoms with Gasteiger partial charge in [-0.3, -0.25) is 4.79 Å². The molecule has 0 radical (unpaired) electrons. The van der Waals surface area contributed by atoms with Crippen LogP contribution in [-0.2, 0) is 0 Å². The Morgan fingerprint density at radius 1 is 1.47 bits per heavy atom. The molecular formula is C14H20ClN3O. The minimum absolute atomic E-state index is 0.0857. The van der Waals surface area contributed by atoms with E-state index in [0.717, 1.165) is 6.54 Å². The molecule has 0 saturated carbocycles. The average molecular weight is 282 g/mol. The molecule has 0 aromatic carbocycles. The lowest BCUT2D eigenvalue weighted by Gasteiger charge is -2.20. The first-order valence-corrected chi connectivity index (χ1v) is 7.15. The number of aromatic nitrogens is 1. The third kappa shape index (κ3) is 4.48. The van der Waals surface area contributed by atoms with Gasteiger partial charge in [-0.15, -0.1) is 0 Å². The van der Waals surface area contributed by atoms with Crippen molar-refractivity contribution in [3.8, 4) is 0 Å². The maximum atomic E-state index is 11.9. The smallest absolute Gasteiger partial charge is 0.252 e. The Hall–Kier alpha value is -1.13. The molecular weight excluding hydrogens is 262 g/mol. The summed E-state index contributed by atoms with van der Waals surface area (Å²) in [6.07, 6.45) is 4.11. The standard InChI is InChI=1S/C14H20ClN3O/c1-11(10-18-6-2-3-7-18)8-17-14(19)12-4-5-13(15)16-9-12/h4-5,9,11H,2-3,6-8,10H2,1H3,(H,17,19). The number of amides is 1. The number of hydrogen-bond donors (Lipinski definition) is 1. The first-order valence-electron chi connectivity index (χ1n) is 6.77. The highest BCUT2D eigenvalue weighted by Gasteiger charge is 2.15. The van der Waals surface area contributed by atoms with Crippen LogP contribution in [0.4, 0.5) is 0 Å². The van der Waals surface area contributed by atoms with Crippen molar-refractivity contribution in [2.45, 2.75) is 19.8 Å². The quantitative estimate of drug-likeness (QED) is 0.842. The third-order valence-electron chi connectivity index (χ3n) is 3.37. The second-order valence-electron chi connectivity index (χ2n) is 5.19. The summed E-state index contributed by atoms with van der Waals surface area (Å²) < 4.78 is 0. The topological polar surface area (TPSA) is 45.2 Å². The number of carbonyl (C=O) groups is 1. The van der Waals surface area contributed by atoms with E-state index in [0.29, 0.717) is 23.2 Å². The molecule has 1 fully saturated rings. The lowest BCUT2D eigenvalue weighted by molar-refractivity contribution is 0.0944. The van der Waals surface area contributed by atoms with Gasteiger partial charge in [0.05, 0.1) is 5.56 Å². The molecule has 1 atom stereocenters. The SMILES string of the molecule is CC(CNC(=O)c1ccc(Cl)nc1)CN1CCCC1. The van der Waals surface area contributed by atoms with Crippen molar-refractivity contribution in [3.05, 3.63) is 29.0 Å². The van der Waals surface area contributed by atoms with Crippen LogP contribution in [0.25, 0.3) is 0 Å².